The van der Waals surface area contributed by atoms with Gasteiger partial charge >= 0.3 is 0 Å². The van der Waals surface area contributed by atoms with Crippen molar-refractivity contribution in [3.05, 3.63) is 63.6 Å². The van der Waals surface area contributed by atoms with Gasteiger partial charge in [-0.3, -0.25) is 0 Å². The first-order valence-corrected chi connectivity index (χ1v) is 7.35. The van der Waals surface area contributed by atoms with Gasteiger partial charge in [0, 0.05) is 23.6 Å². The Morgan fingerprint density at radius 2 is 2.00 bits per heavy atom. The van der Waals surface area contributed by atoms with Gasteiger partial charge in [-0.15, -0.1) is 0 Å². The smallest absolute Gasteiger partial charge is 0.172 e. The predicted octanol–water partition coefficient (Wildman–Crippen LogP) is 3.49. The molecule has 21 heavy (non-hydrogen) atoms. The van der Waals surface area contributed by atoms with E-state index in [-0.39, 0.29) is 5.84 Å². The molecule has 3 N–H and O–H groups in total. The molecule has 5 heteroatoms. The first-order chi connectivity index (χ1) is 10.0. The largest absolute Gasteiger partial charge is 0.409 e. The summed E-state index contributed by atoms with van der Waals surface area (Å²) >= 11 is 3.48. The van der Waals surface area contributed by atoms with E-state index in [1.165, 1.54) is 5.56 Å². The minimum Gasteiger partial charge on any atom is -0.409 e. The molecule has 0 bridgehead atoms. The van der Waals surface area contributed by atoms with Crippen molar-refractivity contribution in [3.63, 3.8) is 0 Å². The maximum Gasteiger partial charge on any atom is 0.172 e. The number of amidine groups is 1. The summed E-state index contributed by atoms with van der Waals surface area (Å²) in [5.74, 6) is 0.120. The first-order valence-electron chi connectivity index (χ1n) is 6.56. The highest BCUT2D eigenvalue weighted by atomic mass is 79.9. The van der Waals surface area contributed by atoms with Gasteiger partial charge in [0.25, 0.3) is 0 Å². The summed E-state index contributed by atoms with van der Waals surface area (Å²) in [6.07, 6.45) is 0. The average Bonchev–Trinajstić information content (AvgIpc) is 2.46. The Kier molecular flexibility index (Phi) is 4.85. The van der Waals surface area contributed by atoms with Crippen molar-refractivity contribution in [1.82, 2.24) is 0 Å². The topological polar surface area (TPSA) is 61.9 Å². The van der Waals surface area contributed by atoms with Gasteiger partial charge in [-0.05, 0) is 36.2 Å². The number of nitrogens with two attached hydrogens (primary N) is 1. The van der Waals surface area contributed by atoms with Crippen LogP contribution in [0.4, 0.5) is 5.69 Å². The summed E-state index contributed by atoms with van der Waals surface area (Å²) in [5, 5.41) is 12.1. The number of halogens is 1. The lowest BCUT2D eigenvalue weighted by Crippen LogP contribution is -2.23. The monoisotopic (exact) mass is 347 g/mol. The summed E-state index contributed by atoms with van der Waals surface area (Å²) in [4.78, 5) is 2.10. The Balaban J connectivity index is 2.37. The van der Waals surface area contributed by atoms with Gasteiger partial charge in [-0.2, -0.15) is 0 Å². The maximum atomic E-state index is 8.95. The van der Waals surface area contributed by atoms with Gasteiger partial charge in [-0.25, -0.2) is 0 Å². The molecule has 2 rings (SSSR count). The predicted molar refractivity (Wildman–Crippen MR) is 89.9 cm³/mol. The van der Waals surface area contributed by atoms with Crippen molar-refractivity contribution in [2.75, 3.05) is 11.9 Å². The summed E-state index contributed by atoms with van der Waals surface area (Å²) in [7, 11) is 2.00. The number of benzene rings is 2. The zero-order valence-corrected chi connectivity index (χ0v) is 13.6. The molecule has 0 amide bonds. The molecule has 0 aliphatic heterocycles. The van der Waals surface area contributed by atoms with Gasteiger partial charge in [0.1, 0.15) is 0 Å². The summed E-state index contributed by atoms with van der Waals surface area (Å²) in [6, 6.07) is 13.9. The standard InChI is InChI=1S/C16H18BrN3O/c1-11-5-3-8-14(16(18)19-21)15(11)20(2)10-12-6-4-7-13(17)9-12/h3-9,21H,10H2,1-2H3,(H2,18,19). The number of para-hydroxylation sites is 1. The summed E-state index contributed by atoms with van der Waals surface area (Å²) < 4.78 is 1.05. The van der Waals surface area contributed by atoms with E-state index in [2.05, 4.69) is 38.1 Å². The fourth-order valence-electron chi connectivity index (χ4n) is 2.41. The highest BCUT2D eigenvalue weighted by Gasteiger charge is 2.14. The molecule has 4 nitrogen and oxygen atoms in total. The third-order valence-electron chi connectivity index (χ3n) is 3.31. The normalized spacial score (nSPS) is 11.5. The lowest BCUT2D eigenvalue weighted by Gasteiger charge is -2.24. The molecular weight excluding hydrogens is 330 g/mol. The van der Waals surface area contributed by atoms with Crippen LogP contribution < -0.4 is 10.6 Å². The van der Waals surface area contributed by atoms with Crippen molar-refractivity contribution in [3.8, 4) is 0 Å². The number of oxime groups is 1. The minimum atomic E-state index is 0.120. The third-order valence-corrected chi connectivity index (χ3v) is 3.81. The Hall–Kier alpha value is -2.01. The molecule has 0 aliphatic carbocycles. The SMILES string of the molecule is Cc1cccc(/C(N)=N/O)c1N(C)Cc1cccc(Br)c1. The van der Waals surface area contributed by atoms with E-state index in [1.54, 1.807) is 0 Å². The van der Waals surface area contributed by atoms with Crippen LogP contribution in [0.5, 0.6) is 0 Å². The highest BCUT2D eigenvalue weighted by molar-refractivity contribution is 9.10. The van der Waals surface area contributed by atoms with Crippen LogP contribution in [0.25, 0.3) is 0 Å². The Bertz CT molecular complexity index is 670. The van der Waals surface area contributed by atoms with Crippen molar-refractivity contribution < 1.29 is 5.21 Å². The molecule has 0 aromatic heterocycles. The van der Waals surface area contributed by atoms with Crippen LogP contribution in [-0.2, 0) is 6.54 Å². The fourth-order valence-corrected chi connectivity index (χ4v) is 2.86. The van der Waals surface area contributed by atoms with E-state index in [0.717, 1.165) is 27.8 Å². The molecule has 2 aromatic carbocycles. The van der Waals surface area contributed by atoms with Gasteiger partial charge in [0.2, 0.25) is 0 Å². The fraction of sp³-hybridized carbons (Fsp3) is 0.188. The van der Waals surface area contributed by atoms with Crippen molar-refractivity contribution in [2.24, 2.45) is 10.9 Å². The van der Waals surface area contributed by atoms with Crippen molar-refractivity contribution in [1.29, 1.82) is 0 Å². The maximum absolute atomic E-state index is 8.95. The molecule has 110 valence electrons. The molecule has 0 atom stereocenters. The van der Waals surface area contributed by atoms with E-state index >= 15 is 0 Å². The van der Waals surface area contributed by atoms with Gasteiger partial charge in [0.15, 0.2) is 5.84 Å². The molecule has 0 heterocycles. The van der Waals surface area contributed by atoms with E-state index in [4.69, 9.17) is 10.9 Å². The van der Waals surface area contributed by atoms with Crippen LogP contribution in [0.1, 0.15) is 16.7 Å². The van der Waals surface area contributed by atoms with Crippen LogP contribution in [0.15, 0.2) is 52.1 Å². The number of rotatable bonds is 4. The van der Waals surface area contributed by atoms with Crippen LogP contribution >= 0.6 is 15.9 Å². The summed E-state index contributed by atoms with van der Waals surface area (Å²) in [6.45, 7) is 2.75. The molecule has 2 aromatic rings. The second-order valence-corrected chi connectivity index (χ2v) is 5.86. The zero-order valence-electron chi connectivity index (χ0n) is 12.0. The Labute approximate surface area is 133 Å². The van der Waals surface area contributed by atoms with E-state index < -0.39 is 0 Å². The van der Waals surface area contributed by atoms with E-state index in [1.807, 2.05) is 44.3 Å². The molecular formula is C16H18BrN3O. The first kappa shape index (κ1) is 15.4. The summed E-state index contributed by atoms with van der Waals surface area (Å²) in [5.41, 5.74) is 9.74. The average molecular weight is 348 g/mol. The second-order valence-electron chi connectivity index (χ2n) is 4.94. The number of hydrogen-bond acceptors (Lipinski definition) is 3. The molecule has 0 saturated heterocycles. The quantitative estimate of drug-likeness (QED) is 0.385. The molecule has 0 unspecified atom stereocenters. The zero-order chi connectivity index (χ0) is 15.4. The molecule has 0 spiro atoms. The lowest BCUT2D eigenvalue weighted by atomic mass is 10.1. The lowest BCUT2D eigenvalue weighted by molar-refractivity contribution is 0.318. The number of anilines is 1. The minimum absolute atomic E-state index is 0.120. The van der Waals surface area contributed by atoms with Crippen molar-refractivity contribution in [2.45, 2.75) is 13.5 Å². The van der Waals surface area contributed by atoms with Gasteiger partial charge < -0.3 is 15.8 Å². The van der Waals surface area contributed by atoms with E-state index in [9.17, 15) is 0 Å². The van der Waals surface area contributed by atoms with Crippen LogP contribution in [0.2, 0.25) is 0 Å². The Morgan fingerprint density at radius 1 is 1.29 bits per heavy atom. The molecule has 0 fully saturated rings. The van der Waals surface area contributed by atoms with Crippen molar-refractivity contribution >= 4 is 27.5 Å². The molecule has 0 radical (unpaired) electrons. The van der Waals surface area contributed by atoms with Crippen LogP contribution in [0.3, 0.4) is 0 Å². The number of aryl methyl sites for hydroxylation is 1. The van der Waals surface area contributed by atoms with Gasteiger partial charge in [0.05, 0.1) is 5.69 Å². The van der Waals surface area contributed by atoms with Gasteiger partial charge in [-0.1, -0.05) is 45.4 Å². The molecule has 0 aliphatic rings. The molecule has 0 saturated carbocycles. The van der Waals surface area contributed by atoms with Crippen LogP contribution in [-0.4, -0.2) is 18.1 Å². The van der Waals surface area contributed by atoms with E-state index in [0.29, 0.717) is 0 Å². The van der Waals surface area contributed by atoms with Crippen LogP contribution in [0, 0.1) is 6.92 Å². The highest BCUT2D eigenvalue weighted by Crippen LogP contribution is 2.26. The third kappa shape index (κ3) is 3.55. The Morgan fingerprint density at radius 3 is 2.67 bits per heavy atom. The number of hydrogen-bond donors (Lipinski definition) is 2. The number of nitrogens with zero attached hydrogens (tertiary/aromatic N) is 2. The second kappa shape index (κ2) is 6.63.